The second kappa shape index (κ2) is 9.41. The zero-order chi connectivity index (χ0) is 28.3. The first-order valence-electron chi connectivity index (χ1n) is 13.2. The van der Waals surface area contributed by atoms with E-state index in [1.54, 1.807) is 21.5 Å². The quantitative estimate of drug-likeness (QED) is 0.347. The molecule has 2 N–H and O–H groups in total. The van der Waals surface area contributed by atoms with Crippen molar-refractivity contribution in [3.05, 3.63) is 75.5 Å². The smallest absolute Gasteiger partial charge is 0.278 e. The molecule has 9 heteroatoms. The molecule has 0 bridgehead atoms. The highest BCUT2D eigenvalue weighted by molar-refractivity contribution is 6.06. The van der Waals surface area contributed by atoms with Crippen LogP contribution in [0.15, 0.2) is 52.4 Å². The largest absolute Gasteiger partial charge is 0.386 e. The molecule has 0 saturated carbocycles. The summed E-state index contributed by atoms with van der Waals surface area (Å²) in [6, 6.07) is 10.4. The van der Waals surface area contributed by atoms with E-state index >= 15 is 0 Å². The molecule has 2 aromatic heterocycles. The maximum Gasteiger partial charge on any atom is 0.278 e. The Morgan fingerprint density at radius 2 is 1.82 bits per heavy atom. The molecule has 2 aromatic carbocycles. The van der Waals surface area contributed by atoms with Crippen LogP contribution in [-0.2, 0) is 12.0 Å². The summed E-state index contributed by atoms with van der Waals surface area (Å²) in [5.74, 6) is -0.187. The summed E-state index contributed by atoms with van der Waals surface area (Å²) in [7, 11) is 0. The number of hydrogen-bond acceptors (Lipinski definition) is 6. The molecule has 0 amide bonds. The fourth-order valence-corrected chi connectivity index (χ4v) is 5.14. The van der Waals surface area contributed by atoms with Crippen LogP contribution in [0.3, 0.4) is 0 Å². The molecule has 0 fully saturated rings. The molecule has 204 valence electrons. The molecule has 1 aliphatic rings. The molecule has 0 atom stereocenters. The predicted molar refractivity (Wildman–Crippen MR) is 153 cm³/mol. The number of benzene rings is 2. The van der Waals surface area contributed by atoms with Crippen molar-refractivity contribution in [1.82, 2.24) is 19.3 Å². The van der Waals surface area contributed by atoms with Crippen molar-refractivity contribution in [2.45, 2.75) is 66.5 Å². The second-order valence-electron chi connectivity index (χ2n) is 11.9. The van der Waals surface area contributed by atoms with E-state index in [1.165, 1.54) is 31.7 Å². The van der Waals surface area contributed by atoms with Crippen molar-refractivity contribution in [3.63, 3.8) is 0 Å². The minimum atomic E-state index is -1.41. The van der Waals surface area contributed by atoms with Gasteiger partial charge in [0.1, 0.15) is 11.2 Å². The van der Waals surface area contributed by atoms with Crippen LogP contribution in [0.5, 0.6) is 0 Å². The number of halogens is 1. The summed E-state index contributed by atoms with van der Waals surface area (Å²) in [4.78, 5) is 27.3. The van der Waals surface area contributed by atoms with E-state index in [0.29, 0.717) is 22.7 Å². The number of aliphatic hydroxyl groups is 1. The van der Waals surface area contributed by atoms with Gasteiger partial charge in [0.25, 0.3) is 5.56 Å². The van der Waals surface area contributed by atoms with Crippen LogP contribution in [0, 0.1) is 11.2 Å². The van der Waals surface area contributed by atoms with Crippen LogP contribution in [0.2, 0.25) is 0 Å². The summed E-state index contributed by atoms with van der Waals surface area (Å²) in [6.45, 7) is 14.1. The van der Waals surface area contributed by atoms with E-state index in [2.05, 4.69) is 43.2 Å². The van der Waals surface area contributed by atoms with Gasteiger partial charge in [-0.3, -0.25) is 9.79 Å². The predicted octanol–water partition coefficient (Wildman–Crippen LogP) is 5.66. The maximum absolute atomic E-state index is 14.6. The average molecular weight is 531 g/mol. The standard InChI is InChI=1S/C30H35FN6O2/c1-17(2)36-27(38)22-16-33-28(34-19-8-10-21-18(14-19)12-13-32-25(21)29(3,4)5)35-26(22)37(36)20-9-11-24(31)23(15-20)30(6,7)39/h8-11,14-17,39H,12-13H2,1-7H3,(H,33,34,35). The third-order valence-electron chi connectivity index (χ3n) is 6.94. The molecular weight excluding hydrogens is 495 g/mol. The van der Waals surface area contributed by atoms with E-state index in [9.17, 15) is 14.3 Å². The highest BCUT2D eigenvalue weighted by Gasteiger charge is 2.26. The van der Waals surface area contributed by atoms with E-state index < -0.39 is 11.4 Å². The number of anilines is 2. The van der Waals surface area contributed by atoms with Crippen molar-refractivity contribution in [2.24, 2.45) is 10.4 Å². The van der Waals surface area contributed by atoms with Gasteiger partial charge in [-0.05, 0) is 75.6 Å². The molecule has 3 heterocycles. The van der Waals surface area contributed by atoms with Gasteiger partial charge in [0, 0.05) is 41.2 Å². The van der Waals surface area contributed by atoms with Gasteiger partial charge in [-0.25, -0.2) is 18.7 Å². The monoisotopic (exact) mass is 530 g/mol. The van der Waals surface area contributed by atoms with E-state index in [1.807, 2.05) is 19.9 Å². The topological polar surface area (TPSA) is 97.3 Å². The number of fused-ring (bicyclic) bond motifs is 2. The fourth-order valence-electron chi connectivity index (χ4n) is 5.14. The van der Waals surface area contributed by atoms with E-state index in [0.717, 1.165) is 29.9 Å². The third kappa shape index (κ3) is 4.87. The van der Waals surface area contributed by atoms with E-state index in [-0.39, 0.29) is 22.6 Å². The lowest BCUT2D eigenvalue weighted by Crippen LogP contribution is -2.26. The molecular formula is C30H35FN6O2. The van der Waals surface area contributed by atoms with Gasteiger partial charge in [-0.2, -0.15) is 4.98 Å². The van der Waals surface area contributed by atoms with Crippen LogP contribution in [0.4, 0.5) is 16.0 Å². The molecule has 4 aromatic rings. The van der Waals surface area contributed by atoms with Gasteiger partial charge < -0.3 is 10.4 Å². The Morgan fingerprint density at radius 1 is 1.08 bits per heavy atom. The highest BCUT2D eigenvalue weighted by atomic mass is 19.1. The van der Waals surface area contributed by atoms with Crippen LogP contribution in [0.25, 0.3) is 16.7 Å². The summed E-state index contributed by atoms with van der Waals surface area (Å²) in [5, 5.41) is 14.2. The number of hydrogen-bond donors (Lipinski definition) is 2. The summed E-state index contributed by atoms with van der Waals surface area (Å²) in [6.07, 6.45) is 2.38. The van der Waals surface area contributed by atoms with Gasteiger partial charge in [0.15, 0.2) is 5.65 Å². The average Bonchev–Trinajstić information content (AvgIpc) is 3.14. The molecule has 0 spiro atoms. The lowest BCUT2D eigenvalue weighted by molar-refractivity contribution is 0.0745. The van der Waals surface area contributed by atoms with E-state index in [4.69, 9.17) is 9.98 Å². The Bertz CT molecular complexity index is 1670. The molecule has 5 rings (SSSR count). The number of nitrogens with one attached hydrogen (secondary N) is 1. The molecule has 0 saturated heterocycles. The number of rotatable bonds is 5. The molecule has 39 heavy (non-hydrogen) atoms. The fraction of sp³-hybridized carbons (Fsp3) is 0.400. The molecule has 0 unspecified atom stereocenters. The van der Waals surface area contributed by atoms with Crippen LogP contribution in [-0.4, -0.2) is 36.7 Å². The van der Waals surface area contributed by atoms with Crippen LogP contribution < -0.4 is 10.9 Å². The van der Waals surface area contributed by atoms with Gasteiger partial charge in [0.2, 0.25) is 5.95 Å². The van der Waals surface area contributed by atoms with Crippen molar-refractivity contribution >= 4 is 28.4 Å². The van der Waals surface area contributed by atoms with Gasteiger partial charge in [-0.15, -0.1) is 0 Å². The molecule has 0 radical (unpaired) electrons. The Balaban J connectivity index is 1.60. The normalized spacial score (nSPS) is 14.1. The van der Waals surface area contributed by atoms with Crippen molar-refractivity contribution in [3.8, 4) is 5.69 Å². The molecule has 0 aliphatic carbocycles. The Hall–Kier alpha value is -3.85. The zero-order valence-corrected chi connectivity index (χ0v) is 23.5. The first-order chi connectivity index (χ1) is 18.3. The van der Waals surface area contributed by atoms with Crippen molar-refractivity contribution in [2.75, 3.05) is 11.9 Å². The summed E-state index contributed by atoms with van der Waals surface area (Å²) >= 11 is 0. The number of aliphatic imine (C=N–C) groups is 1. The van der Waals surface area contributed by atoms with Crippen LogP contribution >= 0.6 is 0 Å². The molecule has 1 aliphatic heterocycles. The first kappa shape index (κ1) is 26.7. The first-order valence-corrected chi connectivity index (χ1v) is 13.2. The van der Waals surface area contributed by atoms with Gasteiger partial charge in [-0.1, -0.05) is 26.8 Å². The zero-order valence-electron chi connectivity index (χ0n) is 23.5. The number of aromatic nitrogens is 4. The third-order valence-corrected chi connectivity index (χ3v) is 6.94. The summed E-state index contributed by atoms with van der Waals surface area (Å²) < 4.78 is 17.8. The highest BCUT2D eigenvalue weighted by Crippen LogP contribution is 2.31. The van der Waals surface area contributed by atoms with Crippen molar-refractivity contribution in [1.29, 1.82) is 0 Å². The minimum absolute atomic E-state index is 0.0447. The molecule has 8 nitrogen and oxygen atoms in total. The maximum atomic E-state index is 14.6. The lowest BCUT2D eigenvalue weighted by Gasteiger charge is -2.27. The van der Waals surface area contributed by atoms with Crippen molar-refractivity contribution < 1.29 is 9.50 Å². The summed E-state index contributed by atoms with van der Waals surface area (Å²) in [5.41, 5.74) is 3.67. The number of nitrogens with zero attached hydrogens (tertiary/aromatic N) is 5. The van der Waals surface area contributed by atoms with Crippen LogP contribution in [0.1, 0.15) is 71.2 Å². The SMILES string of the molecule is CC(C)n1c(=O)c2cnc(Nc3ccc4c(c3)CCN=C4C(C)(C)C)nc2n1-c1ccc(F)c(C(C)(C)O)c1. The second-order valence-corrected chi connectivity index (χ2v) is 11.9. The minimum Gasteiger partial charge on any atom is -0.386 e. The van der Waals surface area contributed by atoms with Gasteiger partial charge >= 0.3 is 0 Å². The Labute approximate surface area is 227 Å². The van der Waals surface area contributed by atoms with Gasteiger partial charge in [0.05, 0.1) is 11.3 Å². The lowest BCUT2D eigenvalue weighted by atomic mass is 9.81. The Kier molecular flexibility index (Phi) is 6.45. The Morgan fingerprint density at radius 3 is 2.49 bits per heavy atom.